The first-order chi connectivity index (χ1) is 14.6. The van der Waals surface area contributed by atoms with Gasteiger partial charge < -0.3 is 14.7 Å². The van der Waals surface area contributed by atoms with E-state index in [-0.39, 0.29) is 17.5 Å². The molecule has 1 atom stereocenters. The number of furan rings is 1. The van der Waals surface area contributed by atoms with Gasteiger partial charge in [0, 0.05) is 12.6 Å². The van der Waals surface area contributed by atoms with Crippen molar-refractivity contribution >= 4 is 5.91 Å². The number of amides is 1. The highest BCUT2D eigenvalue weighted by molar-refractivity contribution is 5.95. The zero-order valence-corrected chi connectivity index (χ0v) is 17.0. The molecular weight excluding hydrogens is 384 g/mol. The van der Waals surface area contributed by atoms with Crippen molar-refractivity contribution in [2.75, 3.05) is 19.6 Å². The van der Waals surface area contributed by atoms with Gasteiger partial charge in [0.25, 0.3) is 11.5 Å². The number of likely N-dealkylation sites (tertiary alicyclic amines) is 1. The Morgan fingerprint density at radius 2 is 2.10 bits per heavy atom. The van der Waals surface area contributed by atoms with Crippen LogP contribution in [0.1, 0.15) is 53.5 Å². The molecule has 1 amide bonds. The van der Waals surface area contributed by atoms with E-state index in [2.05, 4.69) is 25.3 Å². The number of nitrogens with one attached hydrogen (secondary N) is 2. The van der Waals surface area contributed by atoms with Gasteiger partial charge >= 0.3 is 0 Å². The van der Waals surface area contributed by atoms with E-state index in [1.54, 1.807) is 13.2 Å². The van der Waals surface area contributed by atoms with Crippen molar-refractivity contribution < 1.29 is 9.21 Å². The summed E-state index contributed by atoms with van der Waals surface area (Å²) in [4.78, 5) is 33.4. The highest BCUT2D eigenvalue weighted by atomic mass is 16.3. The molecule has 0 spiro atoms. The normalized spacial score (nSPS) is 16.2. The van der Waals surface area contributed by atoms with Crippen LogP contribution in [-0.2, 0) is 0 Å². The van der Waals surface area contributed by atoms with Crippen molar-refractivity contribution in [2.24, 2.45) is 0 Å². The molecule has 0 aliphatic carbocycles. The van der Waals surface area contributed by atoms with Gasteiger partial charge in [-0.15, -0.1) is 0 Å². The van der Waals surface area contributed by atoms with Crippen molar-refractivity contribution in [3.63, 3.8) is 0 Å². The summed E-state index contributed by atoms with van der Waals surface area (Å²) in [6.45, 7) is 4.21. The van der Waals surface area contributed by atoms with Crippen molar-refractivity contribution in [1.29, 1.82) is 0 Å². The summed E-state index contributed by atoms with van der Waals surface area (Å²) in [6, 6.07) is 5.18. The van der Waals surface area contributed by atoms with E-state index in [9.17, 15) is 9.59 Å². The summed E-state index contributed by atoms with van der Waals surface area (Å²) in [6.07, 6.45) is 9.27. The molecule has 1 unspecified atom stereocenters. The number of aromatic amines is 1. The van der Waals surface area contributed by atoms with E-state index < -0.39 is 0 Å². The minimum absolute atomic E-state index is 0.00764. The monoisotopic (exact) mass is 410 g/mol. The fourth-order valence-corrected chi connectivity index (χ4v) is 3.92. The maximum atomic E-state index is 12.9. The van der Waals surface area contributed by atoms with Gasteiger partial charge in [0.15, 0.2) is 5.82 Å². The lowest BCUT2D eigenvalue weighted by atomic mass is 10.1. The van der Waals surface area contributed by atoms with Crippen LogP contribution in [0.4, 0.5) is 0 Å². The molecule has 2 N–H and O–H groups in total. The third-order valence-electron chi connectivity index (χ3n) is 5.54. The third kappa shape index (κ3) is 4.35. The molecule has 0 bridgehead atoms. The Balaban J connectivity index is 1.49. The Hall–Kier alpha value is -3.20. The highest BCUT2D eigenvalue weighted by Crippen LogP contribution is 2.24. The van der Waals surface area contributed by atoms with Gasteiger partial charge in [-0.2, -0.15) is 5.10 Å². The smallest absolute Gasteiger partial charge is 0.254 e. The fourth-order valence-electron chi connectivity index (χ4n) is 3.92. The maximum Gasteiger partial charge on any atom is 0.254 e. The van der Waals surface area contributed by atoms with Crippen LogP contribution in [-0.4, -0.2) is 50.2 Å². The van der Waals surface area contributed by atoms with Crippen LogP contribution in [0.3, 0.4) is 0 Å². The first-order valence-corrected chi connectivity index (χ1v) is 10.3. The van der Waals surface area contributed by atoms with Gasteiger partial charge in [-0.25, -0.2) is 9.67 Å². The lowest BCUT2D eigenvalue weighted by Gasteiger charge is -2.29. The average molecular weight is 410 g/mol. The summed E-state index contributed by atoms with van der Waals surface area (Å²) in [5, 5.41) is 7.28. The molecule has 158 valence electrons. The van der Waals surface area contributed by atoms with Gasteiger partial charge in [0.05, 0.1) is 36.1 Å². The van der Waals surface area contributed by atoms with Gasteiger partial charge in [0.2, 0.25) is 0 Å². The summed E-state index contributed by atoms with van der Waals surface area (Å²) in [5.41, 5.74) is 0.792. The lowest BCUT2D eigenvalue weighted by Crippen LogP contribution is -2.38. The van der Waals surface area contributed by atoms with Crippen molar-refractivity contribution in [3.8, 4) is 5.82 Å². The zero-order valence-electron chi connectivity index (χ0n) is 17.0. The first kappa shape index (κ1) is 20.1. The number of rotatable bonds is 6. The van der Waals surface area contributed by atoms with E-state index in [1.165, 1.54) is 36.1 Å². The summed E-state index contributed by atoms with van der Waals surface area (Å²) in [5.74, 6) is 1.01. The minimum Gasteiger partial charge on any atom is -0.468 e. The Morgan fingerprint density at radius 3 is 2.80 bits per heavy atom. The number of aromatic nitrogens is 4. The van der Waals surface area contributed by atoms with Gasteiger partial charge in [0.1, 0.15) is 5.76 Å². The van der Waals surface area contributed by atoms with Crippen molar-refractivity contribution in [2.45, 2.75) is 38.6 Å². The Morgan fingerprint density at radius 1 is 1.30 bits per heavy atom. The van der Waals surface area contributed by atoms with E-state index in [4.69, 9.17) is 4.42 Å². The number of nitrogens with zero attached hydrogens (tertiary/aromatic N) is 4. The van der Waals surface area contributed by atoms with Gasteiger partial charge in [-0.1, -0.05) is 12.8 Å². The van der Waals surface area contributed by atoms with E-state index in [0.29, 0.717) is 23.6 Å². The van der Waals surface area contributed by atoms with Crippen LogP contribution in [0.25, 0.3) is 5.82 Å². The van der Waals surface area contributed by atoms with Crippen LogP contribution >= 0.6 is 0 Å². The third-order valence-corrected chi connectivity index (χ3v) is 5.54. The summed E-state index contributed by atoms with van der Waals surface area (Å²) in [7, 11) is 0. The zero-order chi connectivity index (χ0) is 20.9. The van der Waals surface area contributed by atoms with Crippen molar-refractivity contribution in [3.05, 3.63) is 64.4 Å². The standard InChI is InChI=1S/C21H26N6O3/c1-15-16(12-25-27(15)19-11-20(28)24-14-23-19)21(29)22-13-17(18-7-6-10-30-18)26-8-4-2-3-5-9-26/h6-7,10-12,14,17H,2-5,8-9,13H2,1H3,(H,22,29)(H,23,24,28). The molecule has 0 aromatic carbocycles. The first-order valence-electron chi connectivity index (χ1n) is 10.3. The molecule has 4 rings (SSSR count). The fraction of sp³-hybridized carbons (Fsp3) is 0.429. The molecule has 0 radical (unpaired) electrons. The molecule has 0 saturated carbocycles. The molecule has 1 aliphatic heterocycles. The Kier molecular flexibility index (Phi) is 6.08. The van der Waals surface area contributed by atoms with E-state index >= 15 is 0 Å². The van der Waals surface area contributed by atoms with Crippen LogP contribution in [0.2, 0.25) is 0 Å². The maximum absolute atomic E-state index is 12.9. The molecule has 3 aromatic rings. The molecule has 30 heavy (non-hydrogen) atoms. The van der Waals surface area contributed by atoms with Crippen LogP contribution in [0.5, 0.6) is 0 Å². The number of H-pyrrole nitrogens is 1. The predicted octanol–water partition coefficient (Wildman–Crippen LogP) is 2.20. The van der Waals surface area contributed by atoms with E-state index in [0.717, 1.165) is 31.7 Å². The van der Waals surface area contributed by atoms with Crippen molar-refractivity contribution in [1.82, 2.24) is 30.0 Å². The second kappa shape index (κ2) is 9.08. The Labute approximate surface area is 174 Å². The molecule has 4 heterocycles. The molecule has 9 nitrogen and oxygen atoms in total. The second-order valence-electron chi connectivity index (χ2n) is 7.52. The minimum atomic E-state index is -0.278. The quantitative estimate of drug-likeness (QED) is 0.645. The molecule has 1 aliphatic rings. The number of carbonyl (C=O) groups excluding carboxylic acids is 1. The van der Waals surface area contributed by atoms with Gasteiger partial charge in [-0.05, 0) is 45.0 Å². The Bertz CT molecular complexity index is 1030. The SMILES string of the molecule is Cc1c(C(=O)NCC(c2ccco2)N2CCCCCC2)cnn1-c1cc(=O)[nH]cn1. The van der Waals surface area contributed by atoms with Crippen LogP contribution in [0.15, 0.2) is 46.2 Å². The van der Waals surface area contributed by atoms with Crippen LogP contribution < -0.4 is 10.9 Å². The number of carbonyl (C=O) groups is 1. The second-order valence-corrected chi connectivity index (χ2v) is 7.52. The lowest BCUT2D eigenvalue weighted by molar-refractivity contribution is 0.0926. The van der Waals surface area contributed by atoms with Gasteiger partial charge in [-0.3, -0.25) is 14.5 Å². The number of hydrogen-bond acceptors (Lipinski definition) is 6. The molecular formula is C21H26N6O3. The largest absolute Gasteiger partial charge is 0.468 e. The topological polar surface area (TPSA) is 109 Å². The number of hydrogen-bond donors (Lipinski definition) is 2. The molecule has 1 fully saturated rings. The average Bonchev–Trinajstić information content (AvgIpc) is 3.32. The predicted molar refractivity (Wildman–Crippen MR) is 111 cm³/mol. The molecule has 1 saturated heterocycles. The molecule has 9 heteroatoms. The van der Waals surface area contributed by atoms with Crippen LogP contribution in [0, 0.1) is 6.92 Å². The van der Waals surface area contributed by atoms with E-state index in [1.807, 2.05) is 12.1 Å². The summed E-state index contributed by atoms with van der Waals surface area (Å²) < 4.78 is 7.16. The summed E-state index contributed by atoms with van der Waals surface area (Å²) >= 11 is 0. The highest BCUT2D eigenvalue weighted by Gasteiger charge is 2.25. The molecule has 3 aromatic heterocycles.